The van der Waals surface area contributed by atoms with Crippen molar-refractivity contribution in [3.05, 3.63) is 107 Å². The maximum absolute atomic E-state index is 12.7. The van der Waals surface area contributed by atoms with Gasteiger partial charge >= 0.3 is 0 Å². The summed E-state index contributed by atoms with van der Waals surface area (Å²) in [5.41, 5.74) is 2.95. The monoisotopic (exact) mass is 537 g/mol. The van der Waals surface area contributed by atoms with Crippen molar-refractivity contribution in [1.29, 1.82) is 0 Å². The number of carbonyl (C=O) groups is 2. The molecule has 186 valence electrons. The van der Waals surface area contributed by atoms with Crippen LogP contribution in [0.15, 0.2) is 65.8 Å². The average Bonchev–Trinajstić information content (AvgIpc) is 3.19. The number of halogens is 1. The molecule has 0 radical (unpaired) electrons. The molecule has 0 fully saturated rings. The Hall–Kier alpha value is -4.68. The number of nitro groups is 2. The zero-order valence-corrected chi connectivity index (χ0v) is 20.5. The lowest BCUT2D eigenvalue weighted by Gasteiger charge is -2.05. The van der Waals surface area contributed by atoms with Crippen LogP contribution in [0.1, 0.15) is 31.2 Å². The van der Waals surface area contributed by atoms with Gasteiger partial charge in [0.05, 0.1) is 32.7 Å². The highest BCUT2D eigenvalue weighted by Crippen LogP contribution is 2.36. The highest BCUT2D eigenvalue weighted by molar-refractivity contribution is 7.21. The summed E-state index contributed by atoms with van der Waals surface area (Å²) in [5.74, 6) is -0.989. The fraction of sp³-hybridized carbons (Fsp3) is 0.0417. The standard InChI is InChI=1S/C24H16ClN5O6S/c1-13-2-9-18-20(10-13)37-22(21(18)25)24(32)27-16-6-3-14(4-7-16)23(31)28-26-12-15-5-8-17(29(33)34)11-19(15)30(35)36/h2-12H,1H3,(H,27,32)(H,28,31)/b26-12-. The third-order valence-electron chi connectivity index (χ3n) is 5.19. The van der Waals surface area contributed by atoms with Crippen molar-refractivity contribution in [2.75, 3.05) is 5.32 Å². The zero-order valence-electron chi connectivity index (χ0n) is 18.9. The first-order valence-electron chi connectivity index (χ1n) is 10.5. The summed E-state index contributed by atoms with van der Waals surface area (Å²) in [7, 11) is 0. The molecule has 0 bridgehead atoms. The molecular weight excluding hydrogens is 522 g/mol. The van der Waals surface area contributed by atoms with E-state index in [2.05, 4.69) is 15.8 Å². The molecule has 2 N–H and O–H groups in total. The maximum atomic E-state index is 12.7. The van der Waals surface area contributed by atoms with Gasteiger partial charge in [0.25, 0.3) is 23.2 Å². The normalized spacial score (nSPS) is 11.0. The second kappa shape index (κ2) is 10.5. The van der Waals surface area contributed by atoms with Crippen LogP contribution >= 0.6 is 22.9 Å². The average molecular weight is 538 g/mol. The molecule has 1 heterocycles. The Morgan fingerprint density at radius 1 is 0.973 bits per heavy atom. The van der Waals surface area contributed by atoms with Crippen LogP contribution in [0.4, 0.5) is 17.1 Å². The number of fused-ring (bicyclic) bond motifs is 1. The third-order valence-corrected chi connectivity index (χ3v) is 6.84. The van der Waals surface area contributed by atoms with Crippen molar-refractivity contribution >= 4 is 68.1 Å². The molecule has 0 aliphatic heterocycles. The Morgan fingerprint density at radius 3 is 2.38 bits per heavy atom. The first kappa shape index (κ1) is 25.4. The number of carbonyl (C=O) groups excluding carboxylic acids is 2. The number of nitrogens with zero attached hydrogens (tertiary/aromatic N) is 3. The summed E-state index contributed by atoms with van der Waals surface area (Å²) >= 11 is 7.68. The van der Waals surface area contributed by atoms with Crippen LogP contribution in [0.5, 0.6) is 0 Å². The van der Waals surface area contributed by atoms with E-state index in [1.807, 2.05) is 25.1 Å². The number of nitrogens with one attached hydrogen (secondary N) is 2. The topological polar surface area (TPSA) is 157 Å². The number of aryl methyl sites for hydroxylation is 1. The number of nitro benzene ring substituents is 2. The van der Waals surface area contributed by atoms with E-state index in [1.165, 1.54) is 35.6 Å². The van der Waals surface area contributed by atoms with Crippen LogP contribution in [0.3, 0.4) is 0 Å². The minimum absolute atomic E-state index is 0.0241. The van der Waals surface area contributed by atoms with Gasteiger partial charge < -0.3 is 5.32 Å². The number of hydrogen-bond acceptors (Lipinski definition) is 8. The van der Waals surface area contributed by atoms with Crippen molar-refractivity contribution < 1.29 is 19.4 Å². The van der Waals surface area contributed by atoms with Gasteiger partial charge in [-0.2, -0.15) is 5.10 Å². The van der Waals surface area contributed by atoms with E-state index in [1.54, 1.807) is 0 Å². The van der Waals surface area contributed by atoms with E-state index in [9.17, 15) is 29.8 Å². The highest BCUT2D eigenvalue weighted by atomic mass is 35.5. The molecule has 0 saturated carbocycles. The first-order chi connectivity index (χ1) is 17.6. The van der Waals surface area contributed by atoms with Crippen molar-refractivity contribution in [2.45, 2.75) is 6.92 Å². The highest BCUT2D eigenvalue weighted by Gasteiger charge is 2.19. The number of rotatable bonds is 7. The Balaban J connectivity index is 1.42. The van der Waals surface area contributed by atoms with Gasteiger partial charge in [-0.3, -0.25) is 29.8 Å². The number of hydrazone groups is 1. The molecule has 0 saturated heterocycles. The molecule has 0 aliphatic rings. The fourth-order valence-corrected chi connectivity index (χ4v) is 4.86. The van der Waals surface area contributed by atoms with Crippen molar-refractivity contribution in [3.8, 4) is 0 Å². The largest absolute Gasteiger partial charge is 0.321 e. The molecule has 0 unspecified atom stereocenters. The summed E-state index contributed by atoms with van der Waals surface area (Å²) in [6, 6.07) is 14.8. The summed E-state index contributed by atoms with van der Waals surface area (Å²) < 4.78 is 0.904. The van der Waals surface area contributed by atoms with Gasteiger partial charge in [-0.15, -0.1) is 11.3 Å². The van der Waals surface area contributed by atoms with Crippen molar-refractivity contribution in [3.63, 3.8) is 0 Å². The lowest BCUT2D eigenvalue weighted by molar-refractivity contribution is -0.394. The summed E-state index contributed by atoms with van der Waals surface area (Å²) in [5, 5.41) is 29.6. The predicted octanol–water partition coefficient (Wildman–Crippen LogP) is 5.70. The number of benzene rings is 3. The molecule has 13 heteroatoms. The quantitative estimate of drug-likeness (QED) is 0.175. The molecule has 0 aliphatic carbocycles. The molecule has 4 aromatic rings. The lowest BCUT2D eigenvalue weighted by Crippen LogP contribution is -2.18. The van der Waals surface area contributed by atoms with Gasteiger partial charge in [0.15, 0.2) is 0 Å². The molecule has 4 rings (SSSR count). The number of hydrogen-bond donors (Lipinski definition) is 2. The van der Waals surface area contributed by atoms with Crippen LogP contribution in [0.2, 0.25) is 5.02 Å². The number of thiophene rings is 1. The third kappa shape index (κ3) is 5.60. The Morgan fingerprint density at radius 2 is 1.70 bits per heavy atom. The zero-order chi connectivity index (χ0) is 26.7. The van der Waals surface area contributed by atoms with E-state index in [0.717, 1.165) is 40.1 Å². The minimum Gasteiger partial charge on any atom is -0.321 e. The van der Waals surface area contributed by atoms with Crippen LogP contribution in [-0.2, 0) is 0 Å². The van der Waals surface area contributed by atoms with Crippen LogP contribution in [0, 0.1) is 27.2 Å². The molecule has 37 heavy (non-hydrogen) atoms. The molecule has 0 spiro atoms. The van der Waals surface area contributed by atoms with Crippen LogP contribution in [-0.4, -0.2) is 27.9 Å². The van der Waals surface area contributed by atoms with Gasteiger partial charge in [0.1, 0.15) is 4.88 Å². The summed E-state index contributed by atoms with van der Waals surface area (Å²) in [4.78, 5) is 46.0. The second-order valence-corrected chi connectivity index (χ2v) is 9.16. The number of non-ortho nitro benzene ring substituents is 1. The maximum Gasteiger partial charge on any atom is 0.285 e. The smallest absolute Gasteiger partial charge is 0.285 e. The summed E-state index contributed by atoms with van der Waals surface area (Å²) in [6.07, 6.45) is 1.02. The van der Waals surface area contributed by atoms with Crippen molar-refractivity contribution in [2.24, 2.45) is 5.10 Å². The SMILES string of the molecule is Cc1ccc2c(Cl)c(C(=O)Nc3ccc(C(=O)N/N=C\c4ccc([N+](=O)[O-])cc4[N+](=O)[O-])cc3)sc2c1. The predicted molar refractivity (Wildman–Crippen MR) is 141 cm³/mol. The minimum atomic E-state index is -0.782. The number of anilines is 1. The van der Waals surface area contributed by atoms with Crippen LogP contribution in [0.25, 0.3) is 10.1 Å². The Labute approximate surface area is 217 Å². The second-order valence-electron chi connectivity index (χ2n) is 7.73. The Kier molecular flexibility index (Phi) is 7.22. The lowest BCUT2D eigenvalue weighted by atomic mass is 10.2. The van der Waals surface area contributed by atoms with E-state index in [4.69, 9.17) is 11.6 Å². The van der Waals surface area contributed by atoms with E-state index >= 15 is 0 Å². The first-order valence-corrected chi connectivity index (χ1v) is 11.7. The van der Waals surface area contributed by atoms with Gasteiger partial charge in [-0.05, 0) is 48.9 Å². The van der Waals surface area contributed by atoms with Crippen molar-refractivity contribution in [1.82, 2.24) is 5.43 Å². The molecule has 1 aromatic heterocycles. The summed E-state index contributed by atoms with van der Waals surface area (Å²) in [6.45, 7) is 1.95. The molecule has 3 aromatic carbocycles. The van der Waals surface area contributed by atoms with E-state index < -0.39 is 27.1 Å². The fourth-order valence-electron chi connectivity index (χ4n) is 3.35. The molecular formula is C24H16ClN5O6S. The molecule has 2 amide bonds. The van der Waals surface area contributed by atoms with Gasteiger partial charge in [-0.25, -0.2) is 5.43 Å². The van der Waals surface area contributed by atoms with Gasteiger partial charge in [0, 0.05) is 27.4 Å². The number of amides is 2. The molecule has 0 atom stereocenters. The van der Waals surface area contributed by atoms with Gasteiger partial charge in [-0.1, -0.05) is 23.7 Å². The van der Waals surface area contributed by atoms with Crippen LogP contribution < -0.4 is 10.7 Å². The van der Waals surface area contributed by atoms with E-state index in [0.29, 0.717) is 15.6 Å². The Bertz CT molecular complexity index is 1600. The van der Waals surface area contributed by atoms with E-state index in [-0.39, 0.29) is 17.0 Å². The van der Waals surface area contributed by atoms with Gasteiger partial charge in [0.2, 0.25) is 0 Å². The molecule has 11 nitrogen and oxygen atoms in total.